The first-order chi connectivity index (χ1) is 12.9. The van der Waals surface area contributed by atoms with E-state index in [9.17, 15) is 13.2 Å². The van der Waals surface area contributed by atoms with Crippen molar-refractivity contribution < 1.29 is 17.9 Å². The molecule has 6 nitrogen and oxygen atoms in total. The fourth-order valence-electron chi connectivity index (χ4n) is 2.36. The first-order valence-electron chi connectivity index (χ1n) is 8.40. The lowest BCUT2D eigenvalue weighted by molar-refractivity contribution is -0.122. The van der Waals surface area contributed by atoms with Crippen LogP contribution in [0.4, 0.5) is 5.69 Å². The molecule has 9 heteroatoms. The zero-order valence-corrected chi connectivity index (χ0v) is 18.5. The summed E-state index contributed by atoms with van der Waals surface area (Å²) in [5.41, 5.74) is 1.92. The summed E-state index contributed by atoms with van der Waals surface area (Å²) in [5.74, 6) is -0.113. The van der Waals surface area contributed by atoms with E-state index in [1.807, 2.05) is 0 Å². The molecule has 0 saturated carbocycles. The number of halogens is 2. The van der Waals surface area contributed by atoms with Gasteiger partial charge in [-0.3, -0.25) is 4.79 Å². The van der Waals surface area contributed by atoms with Crippen molar-refractivity contribution in [1.29, 1.82) is 0 Å². The highest BCUT2D eigenvalue weighted by Gasteiger charge is 2.22. The summed E-state index contributed by atoms with van der Waals surface area (Å²) in [4.78, 5) is 12.7. The number of benzene rings is 2. The zero-order chi connectivity index (χ0) is 21.2. The minimum Gasteiger partial charge on any atom is -0.479 e. The predicted molar refractivity (Wildman–Crippen MR) is 112 cm³/mol. The molecule has 0 aliphatic rings. The number of carbonyl (C=O) groups excluding carboxylic acids is 1. The van der Waals surface area contributed by atoms with Gasteiger partial charge in [-0.05, 0) is 62.2 Å². The Labute approximate surface area is 175 Å². The van der Waals surface area contributed by atoms with Crippen molar-refractivity contribution in [3.8, 4) is 5.75 Å². The number of hydrogen-bond donors (Lipinski definition) is 1. The number of carbonyl (C=O) groups is 1. The molecule has 2 aromatic rings. The van der Waals surface area contributed by atoms with E-state index >= 15 is 0 Å². The van der Waals surface area contributed by atoms with E-state index in [1.54, 1.807) is 39.0 Å². The maximum Gasteiger partial charge on any atom is 0.265 e. The highest BCUT2D eigenvalue weighted by molar-refractivity contribution is 7.89. The van der Waals surface area contributed by atoms with Gasteiger partial charge in [-0.2, -0.15) is 0 Å². The van der Waals surface area contributed by atoms with Crippen LogP contribution in [0.3, 0.4) is 0 Å². The summed E-state index contributed by atoms with van der Waals surface area (Å²) >= 11 is 11.9. The fraction of sp³-hybridized carbons (Fsp3) is 0.316. The van der Waals surface area contributed by atoms with E-state index in [0.717, 1.165) is 15.4 Å². The van der Waals surface area contributed by atoms with E-state index in [-0.39, 0.29) is 4.90 Å². The summed E-state index contributed by atoms with van der Waals surface area (Å²) in [7, 11) is -0.726. The van der Waals surface area contributed by atoms with Gasteiger partial charge in [0.25, 0.3) is 5.91 Å². The Morgan fingerprint density at radius 2 is 1.79 bits per heavy atom. The average molecular weight is 445 g/mol. The predicted octanol–water partition coefficient (Wildman–Crippen LogP) is 4.27. The Kier molecular flexibility index (Phi) is 6.98. The number of rotatable bonds is 6. The topological polar surface area (TPSA) is 75.7 Å². The van der Waals surface area contributed by atoms with Crippen molar-refractivity contribution in [2.45, 2.75) is 31.8 Å². The van der Waals surface area contributed by atoms with Crippen LogP contribution in [0.1, 0.15) is 18.1 Å². The molecule has 1 unspecified atom stereocenters. The molecule has 152 valence electrons. The second kappa shape index (κ2) is 8.69. The summed E-state index contributed by atoms with van der Waals surface area (Å²) in [6.45, 7) is 5.16. The molecular weight excluding hydrogens is 423 g/mol. The molecule has 1 atom stereocenters. The van der Waals surface area contributed by atoms with E-state index in [0.29, 0.717) is 21.5 Å². The molecule has 0 heterocycles. The average Bonchev–Trinajstić information content (AvgIpc) is 2.60. The minimum absolute atomic E-state index is 0.102. The van der Waals surface area contributed by atoms with Crippen molar-refractivity contribution >= 4 is 44.8 Å². The van der Waals surface area contributed by atoms with Crippen molar-refractivity contribution in [2.75, 3.05) is 19.4 Å². The molecule has 2 aromatic carbocycles. The maximum atomic E-state index is 12.6. The standard InChI is InChI=1S/C19H22Cl2N2O4S/c1-11-8-15(28(25,26)23(4)5)10-17(12(11)2)22-19(24)13(3)27-18-7-6-14(20)9-16(18)21/h6-10,13H,1-5H3,(H,22,24). The zero-order valence-electron chi connectivity index (χ0n) is 16.2. The number of nitrogens with one attached hydrogen (secondary N) is 1. The van der Waals surface area contributed by atoms with Gasteiger partial charge in [-0.15, -0.1) is 0 Å². The van der Waals surface area contributed by atoms with E-state index in [2.05, 4.69) is 5.32 Å². The van der Waals surface area contributed by atoms with Crippen LogP contribution < -0.4 is 10.1 Å². The van der Waals surface area contributed by atoms with E-state index < -0.39 is 22.0 Å². The molecule has 0 bridgehead atoms. The second-order valence-electron chi connectivity index (χ2n) is 6.52. The molecular formula is C19H22Cl2N2O4S. The molecule has 0 aromatic heterocycles. The lowest BCUT2D eigenvalue weighted by Crippen LogP contribution is -2.30. The maximum absolute atomic E-state index is 12.6. The molecule has 2 rings (SSSR count). The highest BCUT2D eigenvalue weighted by atomic mass is 35.5. The largest absolute Gasteiger partial charge is 0.479 e. The Morgan fingerprint density at radius 1 is 1.14 bits per heavy atom. The number of nitrogens with zero attached hydrogens (tertiary/aromatic N) is 1. The van der Waals surface area contributed by atoms with Gasteiger partial charge in [-0.1, -0.05) is 23.2 Å². The number of amides is 1. The van der Waals surface area contributed by atoms with Crippen LogP contribution in [0.25, 0.3) is 0 Å². The Hall–Kier alpha value is -1.80. The monoisotopic (exact) mass is 444 g/mol. The third-order valence-corrected chi connectivity index (χ3v) is 6.57. The van der Waals surface area contributed by atoms with Gasteiger partial charge in [0.2, 0.25) is 10.0 Å². The molecule has 0 fully saturated rings. The van der Waals surface area contributed by atoms with Gasteiger partial charge in [-0.25, -0.2) is 12.7 Å². The summed E-state index contributed by atoms with van der Waals surface area (Å²) in [5, 5.41) is 3.49. The first-order valence-corrected chi connectivity index (χ1v) is 10.6. The number of aryl methyl sites for hydroxylation is 1. The third kappa shape index (κ3) is 4.97. The van der Waals surface area contributed by atoms with Crippen LogP contribution in [-0.4, -0.2) is 38.8 Å². The van der Waals surface area contributed by atoms with Gasteiger partial charge in [0.15, 0.2) is 6.10 Å². The Morgan fingerprint density at radius 3 is 2.36 bits per heavy atom. The lowest BCUT2D eigenvalue weighted by atomic mass is 10.1. The fourth-order valence-corrected chi connectivity index (χ4v) is 3.83. The third-order valence-electron chi connectivity index (χ3n) is 4.24. The molecule has 0 radical (unpaired) electrons. The van der Waals surface area contributed by atoms with Gasteiger partial charge in [0.1, 0.15) is 5.75 Å². The first kappa shape index (κ1) is 22.5. The smallest absolute Gasteiger partial charge is 0.265 e. The molecule has 0 aliphatic heterocycles. The molecule has 0 aliphatic carbocycles. The van der Waals surface area contributed by atoms with Crippen LogP contribution in [0, 0.1) is 13.8 Å². The number of anilines is 1. The van der Waals surface area contributed by atoms with Crippen LogP contribution in [-0.2, 0) is 14.8 Å². The number of ether oxygens (including phenoxy) is 1. The van der Waals surface area contributed by atoms with Gasteiger partial charge < -0.3 is 10.1 Å². The molecule has 0 saturated heterocycles. The second-order valence-corrected chi connectivity index (χ2v) is 9.52. The Bertz CT molecular complexity index is 1010. The lowest BCUT2D eigenvalue weighted by Gasteiger charge is -2.19. The number of sulfonamides is 1. The normalized spacial score (nSPS) is 12.7. The summed E-state index contributed by atoms with van der Waals surface area (Å²) in [6.07, 6.45) is -0.868. The molecule has 1 N–H and O–H groups in total. The SMILES string of the molecule is Cc1cc(S(=O)(=O)N(C)C)cc(NC(=O)C(C)Oc2ccc(Cl)cc2Cl)c1C. The van der Waals surface area contributed by atoms with Gasteiger partial charge >= 0.3 is 0 Å². The van der Waals surface area contributed by atoms with E-state index in [4.69, 9.17) is 27.9 Å². The van der Waals surface area contributed by atoms with Crippen LogP contribution >= 0.6 is 23.2 Å². The molecule has 0 spiro atoms. The van der Waals surface area contributed by atoms with Crippen LogP contribution in [0.2, 0.25) is 10.0 Å². The quantitative estimate of drug-likeness (QED) is 0.721. The highest BCUT2D eigenvalue weighted by Crippen LogP contribution is 2.29. The number of hydrogen-bond acceptors (Lipinski definition) is 4. The van der Waals surface area contributed by atoms with Crippen LogP contribution in [0.15, 0.2) is 35.2 Å². The van der Waals surface area contributed by atoms with Crippen LogP contribution in [0.5, 0.6) is 5.75 Å². The van der Waals surface area contributed by atoms with Crippen molar-refractivity contribution in [3.63, 3.8) is 0 Å². The van der Waals surface area contributed by atoms with E-state index in [1.165, 1.54) is 26.2 Å². The van der Waals surface area contributed by atoms with Gasteiger partial charge in [0, 0.05) is 24.8 Å². The molecule has 28 heavy (non-hydrogen) atoms. The minimum atomic E-state index is -3.63. The van der Waals surface area contributed by atoms with Crippen molar-refractivity contribution in [2.24, 2.45) is 0 Å². The summed E-state index contributed by atoms with van der Waals surface area (Å²) < 4.78 is 31.6. The molecule has 1 amide bonds. The summed E-state index contributed by atoms with van der Waals surface area (Å²) in [6, 6.07) is 7.72. The van der Waals surface area contributed by atoms with Crippen molar-refractivity contribution in [3.05, 3.63) is 51.5 Å². The van der Waals surface area contributed by atoms with Gasteiger partial charge in [0.05, 0.1) is 9.92 Å². The van der Waals surface area contributed by atoms with Crippen molar-refractivity contribution in [1.82, 2.24) is 4.31 Å². The Balaban J connectivity index is 2.26.